The van der Waals surface area contributed by atoms with E-state index in [2.05, 4.69) is 20.9 Å². The molecule has 1 aromatic heterocycles. The predicted molar refractivity (Wildman–Crippen MR) is 93.2 cm³/mol. The Bertz CT molecular complexity index is 773. The van der Waals surface area contributed by atoms with E-state index in [1.807, 2.05) is 20.8 Å². The van der Waals surface area contributed by atoms with E-state index >= 15 is 0 Å². The molecule has 1 heterocycles. The van der Waals surface area contributed by atoms with Crippen LogP contribution in [0.25, 0.3) is 0 Å². The molecular formula is C16H17BrN2O3S. The van der Waals surface area contributed by atoms with Gasteiger partial charge in [0, 0.05) is 22.0 Å². The predicted octanol–water partition coefficient (Wildman–Crippen LogP) is 4.05. The highest BCUT2D eigenvalue weighted by Gasteiger charge is 2.23. The highest BCUT2D eigenvalue weighted by atomic mass is 79.9. The molecule has 5 nitrogen and oxygen atoms in total. The molecule has 0 aliphatic heterocycles. The molecular weight excluding hydrogens is 380 g/mol. The first-order valence-electron chi connectivity index (χ1n) is 6.95. The standard InChI is InChI=1S/C16H17BrN2O3S/c1-8-14(23-10(3)18-8)9(2)19(4)15(20)11-5-12(16(21)22)7-13(17)6-11/h5-7,9H,1-4H3,(H,21,22). The SMILES string of the molecule is Cc1nc(C)c(C(C)N(C)C(=O)c2cc(Br)cc(C(=O)O)c2)s1. The smallest absolute Gasteiger partial charge is 0.335 e. The van der Waals surface area contributed by atoms with Crippen molar-refractivity contribution >= 4 is 39.1 Å². The summed E-state index contributed by atoms with van der Waals surface area (Å²) in [5, 5.41) is 10.1. The molecule has 0 fully saturated rings. The zero-order valence-corrected chi connectivity index (χ0v) is 15.7. The second kappa shape index (κ2) is 6.80. The minimum Gasteiger partial charge on any atom is -0.478 e. The first-order valence-corrected chi connectivity index (χ1v) is 8.56. The molecule has 0 saturated heterocycles. The summed E-state index contributed by atoms with van der Waals surface area (Å²) in [7, 11) is 1.71. The third-order valence-electron chi connectivity index (χ3n) is 3.61. The van der Waals surface area contributed by atoms with Crippen molar-refractivity contribution in [3.05, 3.63) is 49.4 Å². The van der Waals surface area contributed by atoms with Crippen LogP contribution in [-0.4, -0.2) is 33.9 Å². The first-order chi connectivity index (χ1) is 10.7. The van der Waals surface area contributed by atoms with Crippen LogP contribution in [-0.2, 0) is 0 Å². The van der Waals surface area contributed by atoms with Crippen molar-refractivity contribution < 1.29 is 14.7 Å². The summed E-state index contributed by atoms with van der Waals surface area (Å²) in [6.45, 7) is 5.80. The molecule has 0 bridgehead atoms. The van der Waals surface area contributed by atoms with Gasteiger partial charge in [0.2, 0.25) is 0 Å². The number of hydrogen-bond donors (Lipinski definition) is 1. The van der Waals surface area contributed by atoms with Gasteiger partial charge in [0.05, 0.1) is 22.3 Å². The van der Waals surface area contributed by atoms with Crippen molar-refractivity contribution in [1.82, 2.24) is 9.88 Å². The number of hydrogen-bond acceptors (Lipinski definition) is 4. The Labute approximate surface area is 147 Å². The monoisotopic (exact) mass is 396 g/mol. The number of halogens is 1. The van der Waals surface area contributed by atoms with Gasteiger partial charge in [-0.25, -0.2) is 9.78 Å². The van der Waals surface area contributed by atoms with Crippen molar-refractivity contribution in [1.29, 1.82) is 0 Å². The van der Waals surface area contributed by atoms with Gasteiger partial charge in [-0.3, -0.25) is 4.79 Å². The van der Waals surface area contributed by atoms with Gasteiger partial charge in [-0.2, -0.15) is 0 Å². The van der Waals surface area contributed by atoms with Crippen LogP contribution in [0.1, 0.15) is 49.3 Å². The summed E-state index contributed by atoms with van der Waals surface area (Å²) < 4.78 is 0.562. The van der Waals surface area contributed by atoms with Crippen LogP contribution in [0.5, 0.6) is 0 Å². The van der Waals surface area contributed by atoms with Crippen LogP contribution in [0.2, 0.25) is 0 Å². The maximum Gasteiger partial charge on any atom is 0.335 e. The van der Waals surface area contributed by atoms with E-state index in [0.29, 0.717) is 10.0 Å². The minimum atomic E-state index is -1.06. The van der Waals surface area contributed by atoms with Gasteiger partial charge in [-0.1, -0.05) is 15.9 Å². The number of rotatable bonds is 4. The summed E-state index contributed by atoms with van der Waals surface area (Å²) in [6.07, 6.45) is 0. The highest BCUT2D eigenvalue weighted by molar-refractivity contribution is 9.10. The molecule has 1 unspecified atom stereocenters. The normalized spacial score (nSPS) is 12.0. The Kier molecular flexibility index (Phi) is 5.21. The van der Waals surface area contributed by atoms with Gasteiger partial charge in [-0.05, 0) is 39.0 Å². The molecule has 0 aliphatic carbocycles. The Morgan fingerprint density at radius 1 is 1.26 bits per heavy atom. The van der Waals surface area contributed by atoms with Crippen LogP contribution in [0.3, 0.4) is 0 Å². The fourth-order valence-corrected chi connectivity index (χ4v) is 3.84. The third-order valence-corrected chi connectivity index (χ3v) is 5.31. The van der Waals surface area contributed by atoms with Crippen molar-refractivity contribution in [3.63, 3.8) is 0 Å². The van der Waals surface area contributed by atoms with E-state index in [0.717, 1.165) is 15.6 Å². The van der Waals surface area contributed by atoms with Gasteiger partial charge in [0.1, 0.15) is 0 Å². The van der Waals surface area contributed by atoms with Crippen molar-refractivity contribution in [2.45, 2.75) is 26.8 Å². The molecule has 2 aromatic rings. The number of aromatic carboxylic acids is 1. The molecule has 1 aromatic carbocycles. The van der Waals surface area contributed by atoms with Crippen molar-refractivity contribution in [3.8, 4) is 0 Å². The van der Waals surface area contributed by atoms with Gasteiger partial charge < -0.3 is 10.0 Å². The van der Waals surface area contributed by atoms with E-state index in [9.17, 15) is 9.59 Å². The lowest BCUT2D eigenvalue weighted by molar-refractivity contribution is 0.0697. The number of aromatic nitrogens is 1. The third kappa shape index (κ3) is 3.79. The zero-order valence-electron chi connectivity index (χ0n) is 13.3. The van der Waals surface area contributed by atoms with Crippen LogP contribution >= 0.6 is 27.3 Å². The number of benzene rings is 1. The zero-order chi connectivity index (χ0) is 17.3. The van der Waals surface area contributed by atoms with Gasteiger partial charge in [0.15, 0.2) is 0 Å². The number of aryl methyl sites for hydroxylation is 2. The largest absolute Gasteiger partial charge is 0.478 e. The van der Waals surface area contributed by atoms with Crippen LogP contribution in [0, 0.1) is 13.8 Å². The Morgan fingerprint density at radius 3 is 2.39 bits per heavy atom. The maximum atomic E-state index is 12.7. The summed E-state index contributed by atoms with van der Waals surface area (Å²) in [5.74, 6) is -1.29. The van der Waals surface area contributed by atoms with Gasteiger partial charge in [-0.15, -0.1) is 11.3 Å². The number of carboxylic acid groups (broad SMARTS) is 1. The van der Waals surface area contributed by atoms with Crippen LogP contribution < -0.4 is 0 Å². The molecule has 1 atom stereocenters. The van der Waals surface area contributed by atoms with E-state index in [1.165, 1.54) is 12.1 Å². The molecule has 2 rings (SSSR count). The number of carboxylic acids is 1. The average Bonchev–Trinajstić information content (AvgIpc) is 2.82. The quantitative estimate of drug-likeness (QED) is 0.845. The van der Waals surface area contributed by atoms with Crippen LogP contribution in [0.15, 0.2) is 22.7 Å². The Morgan fingerprint density at radius 2 is 1.87 bits per heavy atom. The van der Waals surface area contributed by atoms with E-state index < -0.39 is 5.97 Å². The van der Waals surface area contributed by atoms with Crippen LogP contribution in [0.4, 0.5) is 0 Å². The van der Waals surface area contributed by atoms with E-state index in [4.69, 9.17) is 5.11 Å². The van der Waals surface area contributed by atoms with Crippen molar-refractivity contribution in [2.75, 3.05) is 7.05 Å². The first kappa shape index (κ1) is 17.6. The van der Waals surface area contributed by atoms with Gasteiger partial charge >= 0.3 is 5.97 Å². The molecule has 0 radical (unpaired) electrons. The molecule has 23 heavy (non-hydrogen) atoms. The number of nitrogens with zero attached hydrogens (tertiary/aromatic N) is 2. The molecule has 0 aliphatic rings. The molecule has 1 N–H and O–H groups in total. The number of thiazole rings is 1. The minimum absolute atomic E-state index is 0.0774. The fraction of sp³-hybridized carbons (Fsp3) is 0.312. The molecule has 1 amide bonds. The maximum absolute atomic E-state index is 12.7. The summed E-state index contributed by atoms with van der Waals surface area (Å²) in [4.78, 5) is 30.9. The molecule has 0 saturated carbocycles. The molecule has 0 spiro atoms. The van der Waals surface area contributed by atoms with E-state index in [-0.39, 0.29) is 17.5 Å². The second-order valence-corrected chi connectivity index (χ2v) is 7.46. The van der Waals surface area contributed by atoms with Crippen molar-refractivity contribution in [2.24, 2.45) is 0 Å². The summed E-state index contributed by atoms with van der Waals surface area (Å²) >= 11 is 4.82. The average molecular weight is 397 g/mol. The Balaban J connectivity index is 2.32. The number of carbonyl (C=O) groups is 2. The highest BCUT2D eigenvalue weighted by Crippen LogP contribution is 2.29. The molecule has 7 heteroatoms. The van der Waals surface area contributed by atoms with Gasteiger partial charge in [0.25, 0.3) is 5.91 Å². The topological polar surface area (TPSA) is 70.5 Å². The summed E-state index contributed by atoms with van der Waals surface area (Å²) in [6, 6.07) is 4.35. The van der Waals surface area contributed by atoms with E-state index in [1.54, 1.807) is 29.4 Å². The number of amides is 1. The lowest BCUT2D eigenvalue weighted by atomic mass is 10.1. The second-order valence-electron chi connectivity index (χ2n) is 5.31. The molecule has 122 valence electrons. The number of carbonyl (C=O) groups excluding carboxylic acids is 1. The summed E-state index contributed by atoms with van der Waals surface area (Å²) in [5.41, 5.74) is 1.33. The lowest BCUT2D eigenvalue weighted by Gasteiger charge is -2.24. The fourth-order valence-electron chi connectivity index (χ4n) is 2.33. The Hall–Kier alpha value is -1.73. The lowest BCUT2D eigenvalue weighted by Crippen LogP contribution is -2.29.